The molecule has 0 heterocycles. The number of hydrogen-bond acceptors (Lipinski definition) is 3. The number of aromatic carboxylic acids is 1. The van der Waals surface area contributed by atoms with E-state index in [2.05, 4.69) is 5.32 Å². The van der Waals surface area contributed by atoms with E-state index in [1.54, 1.807) is 24.3 Å². The van der Waals surface area contributed by atoms with Crippen LogP contribution in [0.4, 0.5) is 0 Å². The molecule has 5 heteroatoms. The van der Waals surface area contributed by atoms with E-state index in [1.807, 2.05) is 6.92 Å². The van der Waals surface area contributed by atoms with Crippen LogP contribution >= 0.6 is 11.8 Å². The topological polar surface area (TPSA) is 66.4 Å². The second-order valence-electron chi connectivity index (χ2n) is 5.43. The Morgan fingerprint density at radius 2 is 1.81 bits per heavy atom. The zero-order chi connectivity index (χ0) is 15.2. The molecule has 0 aromatic heterocycles. The number of hydrogen-bond donors (Lipinski definition) is 2. The molecular weight excluding hydrogens is 286 g/mol. The predicted molar refractivity (Wildman–Crippen MR) is 83.7 cm³/mol. The van der Waals surface area contributed by atoms with Crippen LogP contribution in [0.5, 0.6) is 0 Å². The lowest BCUT2D eigenvalue weighted by Crippen LogP contribution is -2.40. The summed E-state index contributed by atoms with van der Waals surface area (Å²) < 4.78 is 0. The Hall–Kier alpha value is -1.49. The molecule has 1 atom stereocenters. The second kappa shape index (κ2) is 7.50. The van der Waals surface area contributed by atoms with Gasteiger partial charge >= 0.3 is 5.97 Å². The van der Waals surface area contributed by atoms with E-state index in [1.165, 1.54) is 31.0 Å². The number of amides is 1. The third-order valence-electron chi connectivity index (χ3n) is 3.73. The molecule has 1 aliphatic carbocycles. The summed E-state index contributed by atoms with van der Waals surface area (Å²) in [5.41, 5.74) is 0.263. The van der Waals surface area contributed by atoms with Crippen molar-refractivity contribution in [1.29, 1.82) is 0 Å². The fourth-order valence-electron chi connectivity index (χ4n) is 2.50. The molecule has 4 nitrogen and oxygen atoms in total. The minimum Gasteiger partial charge on any atom is -0.478 e. The van der Waals surface area contributed by atoms with Crippen molar-refractivity contribution < 1.29 is 14.7 Å². The quantitative estimate of drug-likeness (QED) is 0.819. The van der Waals surface area contributed by atoms with Gasteiger partial charge in [0.1, 0.15) is 0 Å². The number of carboxylic acids is 1. The van der Waals surface area contributed by atoms with Gasteiger partial charge in [-0.25, -0.2) is 4.79 Å². The fraction of sp³-hybridized carbons (Fsp3) is 0.500. The Morgan fingerprint density at radius 1 is 1.19 bits per heavy atom. The van der Waals surface area contributed by atoms with Crippen LogP contribution in [0.25, 0.3) is 0 Å². The second-order valence-corrected chi connectivity index (χ2v) is 6.85. The van der Waals surface area contributed by atoms with Crippen molar-refractivity contribution in [2.75, 3.05) is 0 Å². The van der Waals surface area contributed by atoms with E-state index in [-0.39, 0.29) is 16.7 Å². The van der Waals surface area contributed by atoms with Crippen LogP contribution in [0.2, 0.25) is 0 Å². The van der Waals surface area contributed by atoms with Gasteiger partial charge in [-0.1, -0.05) is 19.3 Å². The van der Waals surface area contributed by atoms with E-state index in [0.717, 1.165) is 17.7 Å². The number of carbonyl (C=O) groups excluding carboxylic acids is 1. The predicted octanol–water partition coefficient (Wildman–Crippen LogP) is 3.31. The minimum atomic E-state index is -0.936. The maximum Gasteiger partial charge on any atom is 0.335 e. The SMILES string of the molecule is CC(Sc1ccc(C(=O)O)cc1)C(=O)NC1CCCCC1. The number of carboxylic acid groups (broad SMARTS) is 1. The van der Waals surface area contributed by atoms with Crippen molar-refractivity contribution in [1.82, 2.24) is 5.32 Å². The number of nitrogens with one attached hydrogen (secondary N) is 1. The molecule has 0 bridgehead atoms. The average Bonchev–Trinajstić information content (AvgIpc) is 2.48. The van der Waals surface area contributed by atoms with Gasteiger partial charge in [0.2, 0.25) is 5.91 Å². The summed E-state index contributed by atoms with van der Waals surface area (Å²) in [6, 6.07) is 6.95. The molecule has 1 unspecified atom stereocenters. The van der Waals surface area contributed by atoms with Crippen molar-refractivity contribution in [2.45, 2.75) is 55.2 Å². The summed E-state index contributed by atoms with van der Waals surface area (Å²) >= 11 is 1.46. The highest BCUT2D eigenvalue weighted by atomic mass is 32.2. The molecule has 114 valence electrons. The molecule has 0 radical (unpaired) electrons. The van der Waals surface area contributed by atoms with Gasteiger partial charge < -0.3 is 10.4 Å². The van der Waals surface area contributed by atoms with Crippen molar-refractivity contribution in [3.8, 4) is 0 Å². The summed E-state index contributed by atoms with van der Waals surface area (Å²) in [5.74, 6) is -0.871. The van der Waals surface area contributed by atoms with E-state index >= 15 is 0 Å². The largest absolute Gasteiger partial charge is 0.478 e. The molecule has 1 aromatic rings. The first kappa shape index (κ1) is 15.9. The van der Waals surface area contributed by atoms with E-state index in [0.29, 0.717) is 6.04 Å². The van der Waals surface area contributed by atoms with Crippen molar-refractivity contribution in [2.24, 2.45) is 0 Å². The summed E-state index contributed by atoms with van der Waals surface area (Å²) in [7, 11) is 0. The molecule has 1 fully saturated rings. The van der Waals surface area contributed by atoms with Gasteiger partial charge in [0.05, 0.1) is 10.8 Å². The summed E-state index contributed by atoms with van der Waals surface area (Å²) in [6.07, 6.45) is 5.83. The average molecular weight is 307 g/mol. The number of thioether (sulfide) groups is 1. The van der Waals surface area contributed by atoms with E-state index in [4.69, 9.17) is 5.11 Å². The maximum atomic E-state index is 12.2. The van der Waals surface area contributed by atoms with Crippen molar-refractivity contribution >= 4 is 23.6 Å². The third kappa shape index (κ3) is 4.77. The Kier molecular flexibility index (Phi) is 5.67. The van der Waals surface area contributed by atoms with Gasteiger partial charge in [-0.15, -0.1) is 11.8 Å². The third-order valence-corrected chi connectivity index (χ3v) is 4.85. The molecule has 0 spiro atoms. The highest BCUT2D eigenvalue weighted by Gasteiger charge is 2.20. The smallest absolute Gasteiger partial charge is 0.335 e. The van der Waals surface area contributed by atoms with Crippen LogP contribution in [-0.2, 0) is 4.79 Å². The normalized spacial score (nSPS) is 17.2. The van der Waals surface area contributed by atoms with E-state index in [9.17, 15) is 9.59 Å². The van der Waals surface area contributed by atoms with Crippen LogP contribution < -0.4 is 5.32 Å². The molecule has 21 heavy (non-hydrogen) atoms. The number of carbonyl (C=O) groups is 2. The van der Waals surface area contributed by atoms with Gasteiger partial charge in [0.15, 0.2) is 0 Å². The summed E-state index contributed by atoms with van der Waals surface area (Å²) in [4.78, 5) is 23.9. The highest BCUT2D eigenvalue weighted by Crippen LogP contribution is 2.24. The molecule has 0 saturated heterocycles. The molecule has 2 rings (SSSR count). The Bertz CT molecular complexity index is 495. The monoisotopic (exact) mass is 307 g/mol. The van der Waals surface area contributed by atoms with Gasteiger partial charge in [-0.05, 0) is 44.0 Å². The lowest BCUT2D eigenvalue weighted by Gasteiger charge is -2.24. The number of benzene rings is 1. The molecule has 1 amide bonds. The van der Waals surface area contributed by atoms with Gasteiger partial charge in [-0.3, -0.25) is 4.79 Å². The lowest BCUT2D eigenvalue weighted by molar-refractivity contribution is -0.121. The van der Waals surface area contributed by atoms with Gasteiger partial charge in [0, 0.05) is 10.9 Å². The molecule has 1 aliphatic rings. The minimum absolute atomic E-state index is 0.0641. The molecule has 1 aromatic carbocycles. The van der Waals surface area contributed by atoms with Crippen LogP contribution in [0, 0.1) is 0 Å². The first-order valence-electron chi connectivity index (χ1n) is 7.36. The van der Waals surface area contributed by atoms with Crippen molar-refractivity contribution in [3.05, 3.63) is 29.8 Å². The van der Waals surface area contributed by atoms with E-state index < -0.39 is 5.97 Å². The van der Waals surface area contributed by atoms with Crippen LogP contribution in [0.3, 0.4) is 0 Å². The van der Waals surface area contributed by atoms with Gasteiger partial charge in [-0.2, -0.15) is 0 Å². The Labute approximate surface area is 129 Å². The molecule has 2 N–H and O–H groups in total. The maximum absolute atomic E-state index is 12.2. The first-order valence-corrected chi connectivity index (χ1v) is 8.24. The van der Waals surface area contributed by atoms with Crippen molar-refractivity contribution in [3.63, 3.8) is 0 Å². The van der Waals surface area contributed by atoms with Gasteiger partial charge in [0.25, 0.3) is 0 Å². The standard InChI is InChI=1S/C16H21NO3S/c1-11(15(18)17-13-5-3-2-4-6-13)21-14-9-7-12(8-10-14)16(19)20/h7-11,13H,2-6H2,1H3,(H,17,18)(H,19,20). The summed E-state index contributed by atoms with van der Waals surface area (Å²) in [5, 5.41) is 11.8. The van der Waals surface area contributed by atoms with Crippen LogP contribution in [0.1, 0.15) is 49.4 Å². The molecule has 0 aliphatic heterocycles. The van der Waals surface area contributed by atoms with Crippen LogP contribution in [0.15, 0.2) is 29.2 Å². The summed E-state index contributed by atoms with van der Waals surface area (Å²) in [6.45, 7) is 1.88. The molecule has 1 saturated carbocycles. The zero-order valence-corrected chi connectivity index (χ0v) is 13.0. The highest BCUT2D eigenvalue weighted by molar-refractivity contribution is 8.00. The zero-order valence-electron chi connectivity index (χ0n) is 12.2. The fourth-order valence-corrected chi connectivity index (χ4v) is 3.38. The Morgan fingerprint density at radius 3 is 2.38 bits per heavy atom. The Balaban J connectivity index is 1.86. The lowest BCUT2D eigenvalue weighted by atomic mass is 9.95. The number of rotatable bonds is 5. The first-order chi connectivity index (χ1) is 10.1. The van der Waals surface area contributed by atoms with Crippen LogP contribution in [-0.4, -0.2) is 28.3 Å². The molecular formula is C16H21NO3S.